The number of carbonyl (C=O) groups excluding carboxylic acids is 2. The van der Waals surface area contributed by atoms with Gasteiger partial charge in [-0.05, 0) is 27.2 Å². The van der Waals surface area contributed by atoms with Crippen LogP contribution in [-0.2, 0) is 9.59 Å². The average Bonchev–Trinajstić information content (AvgIpc) is 1.99. The first-order valence-corrected chi connectivity index (χ1v) is 5.10. The van der Waals surface area contributed by atoms with Gasteiger partial charge in [0.2, 0.25) is 5.91 Å². The topological polar surface area (TPSA) is 46.2 Å². The van der Waals surface area contributed by atoms with E-state index in [9.17, 15) is 9.59 Å². The standard InChI is InChI=1S/C11H21NO2/c1-6-8(2)10(14)12-11(4,5)7-9(3)13/h8H,6-7H2,1-5H3,(H,12,14)/t8-/m1/s1. The molecule has 0 aromatic carbocycles. The molecular formula is C11H21NO2. The molecule has 0 rings (SSSR count). The van der Waals surface area contributed by atoms with Crippen LogP contribution in [0.2, 0.25) is 0 Å². The maximum Gasteiger partial charge on any atom is 0.223 e. The third-order valence-electron chi connectivity index (χ3n) is 2.21. The van der Waals surface area contributed by atoms with Gasteiger partial charge in [0.1, 0.15) is 5.78 Å². The number of amides is 1. The van der Waals surface area contributed by atoms with Gasteiger partial charge in [-0.3, -0.25) is 9.59 Å². The van der Waals surface area contributed by atoms with Gasteiger partial charge in [0.15, 0.2) is 0 Å². The number of rotatable bonds is 5. The second-order valence-corrected chi connectivity index (χ2v) is 4.56. The summed E-state index contributed by atoms with van der Waals surface area (Å²) in [5.74, 6) is 0.138. The molecule has 0 saturated carbocycles. The number of carbonyl (C=O) groups is 2. The molecule has 1 N–H and O–H groups in total. The molecular weight excluding hydrogens is 178 g/mol. The van der Waals surface area contributed by atoms with Gasteiger partial charge in [0.05, 0.1) is 0 Å². The molecule has 0 fully saturated rings. The smallest absolute Gasteiger partial charge is 0.223 e. The van der Waals surface area contributed by atoms with Crippen molar-refractivity contribution in [1.82, 2.24) is 5.32 Å². The Labute approximate surface area is 86.3 Å². The molecule has 0 aliphatic heterocycles. The van der Waals surface area contributed by atoms with Gasteiger partial charge < -0.3 is 5.32 Å². The van der Waals surface area contributed by atoms with E-state index < -0.39 is 5.54 Å². The summed E-state index contributed by atoms with van der Waals surface area (Å²) in [6, 6.07) is 0. The maximum absolute atomic E-state index is 11.5. The van der Waals surface area contributed by atoms with Gasteiger partial charge in [0, 0.05) is 17.9 Å². The second kappa shape index (κ2) is 5.13. The van der Waals surface area contributed by atoms with Crippen LogP contribution in [0.1, 0.15) is 47.5 Å². The molecule has 82 valence electrons. The number of hydrogen-bond donors (Lipinski definition) is 1. The van der Waals surface area contributed by atoms with Gasteiger partial charge in [-0.2, -0.15) is 0 Å². The molecule has 0 aliphatic carbocycles. The van der Waals surface area contributed by atoms with E-state index >= 15 is 0 Å². The van der Waals surface area contributed by atoms with Crippen molar-refractivity contribution in [2.45, 2.75) is 53.0 Å². The Bertz CT molecular complexity index is 221. The Morgan fingerprint density at radius 1 is 1.36 bits per heavy atom. The van der Waals surface area contributed by atoms with Crippen molar-refractivity contribution >= 4 is 11.7 Å². The van der Waals surface area contributed by atoms with Crippen LogP contribution in [0.5, 0.6) is 0 Å². The molecule has 0 radical (unpaired) electrons. The average molecular weight is 199 g/mol. The van der Waals surface area contributed by atoms with Crippen LogP contribution < -0.4 is 5.32 Å². The summed E-state index contributed by atoms with van der Waals surface area (Å²) in [4.78, 5) is 22.5. The Morgan fingerprint density at radius 3 is 2.21 bits per heavy atom. The Morgan fingerprint density at radius 2 is 1.86 bits per heavy atom. The number of nitrogens with one attached hydrogen (secondary N) is 1. The van der Waals surface area contributed by atoms with Gasteiger partial charge in [-0.1, -0.05) is 13.8 Å². The van der Waals surface area contributed by atoms with E-state index in [2.05, 4.69) is 5.32 Å². The molecule has 0 aliphatic rings. The lowest BCUT2D eigenvalue weighted by atomic mass is 9.96. The first-order valence-electron chi connectivity index (χ1n) is 5.10. The van der Waals surface area contributed by atoms with E-state index in [4.69, 9.17) is 0 Å². The Hall–Kier alpha value is -0.860. The van der Waals surface area contributed by atoms with Crippen molar-refractivity contribution in [2.24, 2.45) is 5.92 Å². The highest BCUT2D eigenvalue weighted by atomic mass is 16.2. The predicted molar refractivity (Wildman–Crippen MR) is 57.0 cm³/mol. The van der Waals surface area contributed by atoms with Crippen molar-refractivity contribution in [3.05, 3.63) is 0 Å². The van der Waals surface area contributed by atoms with E-state index in [1.807, 2.05) is 27.7 Å². The summed E-state index contributed by atoms with van der Waals surface area (Å²) in [5.41, 5.74) is -0.424. The Balaban J connectivity index is 4.21. The minimum atomic E-state index is -0.424. The molecule has 1 atom stereocenters. The molecule has 1 amide bonds. The van der Waals surface area contributed by atoms with E-state index in [-0.39, 0.29) is 17.6 Å². The first kappa shape index (κ1) is 13.1. The number of ketones is 1. The monoisotopic (exact) mass is 199 g/mol. The second-order valence-electron chi connectivity index (χ2n) is 4.56. The summed E-state index contributed by atoms with van der Waals surface area (Å²) in [6.07, 6.45) is 1.21. The SMILES string of the molecule is CC[C@@H](C)C(=O)NC(C)(C)CC(C)=O. The summed E-state index contributed by atoms with van der Waals surface area (Å²) >= 11 is 0. The molecule has 0 saturated heterocycles. The summed E-state index contributed by atoms with van der Waals surface area (Å²) in [5, 5.41) is 2.88. The fraction of sp³-hybridized carbons (Fsp3) is 0.818. The molecule has 0 unspecified atom stereocenters. The third-order valence-corrected chi connectivity index (χ3v) is 2.21. The maximum atomic E-state index is 11.5. The van der Waals surface area contributed by atoms with Crippen LogP contribution in [0.25, 0.3) is 0 Å². The van der Waals surface area contributed by atoms with Gasteiger partial charge in [-0.15, -0.1) is 0 Å². The molecule has 0 aromatic rings. The molecule has 14 heavy (non-hydrogen) atoms. The molecule has 3 heteroatoms. The summed E-state index contributed by atoms with van der Waals surface area (Å²) in [6.45, 7) is 9.14. The van der Waals surface area contributed by atoms with E-state index in [1.54, 1.807) is 0 Å². The van der Waals surface area contributed by atoms with Gasteiger partial charge in [-0.25, -0.2) is 0 Å². The highest BCUT2D eigenvalue weighted by Gasteiger charge is 2.23. The van der Waals surface area contributed by atoms with E-state index in [0.717, 1.165) is 6.42 Å². The first-order chi connectivity index (χ1) is 6.28. The van der Waals surface area contributed by atoms with Crippen LogP contribution >= 0.6 is 0 Å². The highest BCUT2D eigenvalue weighted by molar-refractivity contribution is 5.81. The number of Topliss-reactive ketones (excluding diaryl/α,β-unsaturated/α-hetero) is 1. The van der Waals surface area contributed by atoms with Crippen LogP contribution in [0.15, 0.2) is 0 Å². The van der Waals surface area contributed by atoms with Crippen molar-refractivity contribution in [3.8, 4) is 0 Å². The third kappa shape index (κ3) is 5.00. The van der Waals surface area contributed by atoms with Crippen molar-refractivity contribution in [3.63, 3.8) is 0 Å². The molecule has 0 heterocycles. The quantitative estimate of drug-likeness (QED) is 0.735. The zero-order valence-corrected chi connectivity index (χ0v) is 9.81. The normalized spacial score (nSPS) is 13.5. The highest BCUT2D eigenvalue weighted by Crippen LogP contribution is 2.11. The summed E-state index contributed by atoms with van der Waals surface area (Å²) in [7, 11) is 0. The van der Waals surface area contributed by atoms with Crippen LogP contribution in [0.3, 0.4) is 0 Å². The zero-order chi connectivity index (χ0) is 11.4. The lowest BCUT2D eigenvalue weighted by Crippen LogP contribution is -2.46. The molecule has 0 spiro atoms. The van der Waals surface area contributed by atoms with E-state index in [1.165, 1.54) is 6.92 Å². The van der Waals surface area contributed by atoms with Crippen molar-refractivity contribution < 1.29 is 9.59 Å². The Kier molecular flexibility index (Phi) is 4.81. The minimum Gasteiger partial charge on any atom is -0.351 e. The number of hydrogen-bond acceptors (Lipinski definition) is 2. The fourth-order valence-corrected chi connectivity index (χ4v) is 1.31. The fourth-order valence-electron chi connectivity index (χ4n) is 1.31. The lowest BCUT2D eigenvalue weighted by Gasteiger charge is -2.26. The molecule has 0 bridgehead atoms. The largest absolute Gasteiger partial charge is 0.351 e. The van der Waals surface area contributed by atoms with Gasteiger partial charge in [0.25, 0.3) is 0 Å². The molecule has 0 aromatic heterocycles. The van der Waals surface area contributed by atoms with Gasteiger partial charge >= 0.3 is 0 Å². The lowest BCUT2D eigenvalue weighted by molar-refractivity contribution is -0.126. The minimum absolute atomic E-state index is 0.0150. The van der Waals surface area contributed by atoms with Crippen molar-refractivity contribution in [1.29, 1.82) is 0 Å². The van der Waals surface area contributed by atoms with Crippen LogP contribution in [0, 0.1) is 5.92 Å². The van der Waals surface area contributed by atoms with Crippen molar-refractivity contribution in [2.75, 3.05) is 0 Å². The zero-order valence-electron chi connectivity index (χ0n) is 9.81. The van der Waals surface area contributed by atoms with E-state index in [0.29, 0.717) is 6.42 Å². The molecule has 3 nitrogen and oxygen atoms in total. The summed E-state index contributed by atoms with van der Waals surface area (Å²) < 4.78 is 0. The van der Waals surface area contributed by atoms with Crippen LogP contribution in [-0.4, -0.2) is 17.2 Å². The predicted octanol–water partition coefficient (Wildman–Crippen LogP) is 1.91. The van der Waals surface area contributed by atoms with Crippen LogP contribution in [0.4, 0.5) is 0 Å².